The fourth-order valence-electron chi connectivity index (χ4n) is 3.57. The van der Waals surface area contributed by atoms with Gasteiger partial charge in [-0.15, -0.1) is 0 Å². The molecule has 9 heteroatoms. The van der Waals surface area contributed by atoms with Gasteiger partial charge >= 0.3 is 6.18 Å². The molecule has 3 aromatic rings. The van der Waals surface area contributed by atoms with Gasteiger partial charge < -0.3 is 14.4 Å². The van der Waals surface area contributed by atoms with Gasteiger partial charge in [-0.1, -0.05) is 24.3 Å². The first kappa shape index (κ1) is 21.7. The van der Waals surface area contributed by atoms with Crippen LogP contribution in [-0.2, 0) is 17.6 Å². The zero-order valence-electron chi connectivity index (χ0n) is 17.1. The van der Waals surface area contributed by atoms with Crippen LogP contribution < -0.4 is 9.47 Å². The van der Waals surface area contributed by atoms with Gasteiger partial charge in [0.25, 0.3) is 5.91 Å². The third-order valence-electron chi connectivity index (χ3n) is 5.27. The van der Waals surface area contributed by atoms with E-state index in [1.807, 2.05) is 24.3 Å². The topological polar surface area (TPSA) is 67.4 Å². The van der Waals surface area contributed by atoms with Gasteiger partial charge in [-0.25, -0.2) is 0 Å². The van der Waals surface area contributed by atoms with Gasteiger partial charge in [-0.3, -0.25) is 9.89 Å². The average Bonchev–Trinajstić information content (AvgIpc) is 3.46. The minimum atomic E-state index is -4.42. The van der Waals surface area contributed by atoms with E-state index in [2.05, 4.69) is 10.2 Å². The molecular weight excluding hydrogens is 423 g/mol. The molecule has 1 saturated heterocycles. The summed E-state index contributed by atoms with van der Waals surface area (Å²) in [7, 11) is 0. The minimum Gasteiger partial charge on any atom is -0.487 e. The summed E-state index contributed by atoms with van der Waals surface area (Å²) in [5, 5.41) is 7.16. The zero-order valence-corrected chi connectivity index (χ0v) is 17.1. The maximum Gasteiger partial charge on any atom is 0.416 e. The second-order valence-electron chi connectivity index (χ2n) is 7.56. The molecule has 2 aromatic carbocycles. The summed E-state index contributed by atoms with van der Waals surface area (Å²) >= 11 is 0. The number of hydrogen-bond acceptors (Lipinski definition) is 4. The number of hydrogen-bond donors (Lipinski definition) is 1. The zero-order chi connectivity index (χ0) is 22.6. The monoisotopic (exact) mass is 445 g/mol. The predicted molar refractivity (Wildman–Crippen MR) is 110 cm³/mol. The summed E-state index contributed by atoms with van der Waals surface area (Å²) in [4.78, 5) is 14.2. The number of nitrogens with one attached hydrogen (secondary N) is 1. The van der Waals surface area contributed by atoms with Gasteiger partial charge in [-0.2, -0.15) is 18.3 Å². The van der Waals surface area contributed by atoms with E-state index in [-0.39, 0.29) is 30.8 Å². The highest BCUT2D eigenvalue weighted by atomic mass is 19.4. The van der Waals surface area contributed by atoms with Crippen molar-refractivity contribution in [2.24, 2.45) is 0 Å². The van der Waals surface area contributed by atoms with Gasteiger partial charge in [0, 0.05) is 19.0 Å². The standard InChI is InChI=1S/C23H22F3N3O3/c24-23(25,26)17-5-4-8-20(11-17)31-14-18-12-21(28-27-18)16-9-10-29(13-16)22(30)15-32-19-6-2-1-3-7-19/h1-8,11-12,16H,9-10,13-15H2,(H,27,28)/t16-/m0/s1. The fourth-order valence-corrected chi connectivity index (χ4v) is 3.57. The second-order valence-corrected chi connectivity index (χ2v) is 7.56. The molecule has 0 aliphatic carbocycles. The highest BCUT2D eigenvalue weighted by molar-refractivity contribution is 5.78. The molecule has 0 unspecified atom stereocenters. The Morgan fingerprint density at radius 3 is 2.62 bits per heavy atom. The van der Waals surface area contributed by atoms with Crippen molar-refractivity contribution in [1.82, 2.24) is 15.1 Å². The van der Waals surface area contributed by atoms with Crippen LogP contribution in [0.2, 0.25) is 0 Å². The summed E-state index contributed by atoms with van der Waals surface area (Å²) in [6, 6.07) is 15.7. The summed E-state index contributed by atoms with van der Waals surface area (Å²) < 4.78 is 49.5. The lowest BCUT2D eigenvalue weighted by molar-refractivity contribution is -0.137. The lowest BCUT2D eigenvalue weighted by Gasteiger charge is -2.16. The Morgan fingerprint density at radius 2 is 1.84 bits per heavy atom. The molecule has 1 amide bonds. The number of carbonyl (C=O) groups excluding carboxylic acids is 1. The van der Waals surface area contributed by atoms with Crippen LogP contribution in [0.4, 0.5) is 13.2 Å². The average molecular weight is 445 g/mol. The molecule has 4 rings (SSSR count). The lowest BCUT2D eigenvalue weighted by Crippen LogP contribution is -2.32. The van der Waals surface area contributed by atoms with Crippen molar-refractivity contribution >= 4 is 5.91 Å². The van der Waals surface area contributed by atoms with E-state index in [0.717, 1.165) is 24.2 Å². The van der Waals surface area contributed by atoms with Crippen LogP contribution in [0.3, 0.4) is 0 Å². The van der Waals surface area contributed by atoms with Crippen LogP contribution in [0.25, 0.3) is 0 Å². The molecule has 1 aliphatic heterocycles. The molecule has 2 heterocycles. The molecule has 1 atom stereocenters. The molecule has 32 heavy (non-hydrogen) atoms. The number of benzene rings is 2. The van der Waals surface area contributed by atoms with Crippen molar-refractivity contribution < 1.29 is 27.4 Å². The number of para-hydroxylation sites is 1. The Hall–Kier alpha value is -3.49. The van der Waals surface area contributed by atoms with Gasteiger partial charge in [0.1, 0.15) is 18.1 Å². The number of halogens is 3. The van der Waals surface area contributed by atoms with E-state index in [1.54, 1.807) is 17.0 Å². The molecule has 0 saturated carbocycles. The third kappa shape index (κ3) is 5.40. The number of alkyl halides is 3. The van der Waals surface area contributed by atoms with Crippen molar-refractivity contribution in [2.75, 3.05) is 19.7 Å². The predicted octanol–water partition coefficient (Wildman–Crippen LogP) is 4.40. The smallest absolute Gasteiger partial charge is 0.416 e. The number of amides is 1. The highest BCUT2D eigenvalue weighted by Crippen LogP contribution is 2.31. The number of likely N-dealkylation sites (tertiary alicyclic amines) is 1. The molecule has 1 aromatic heterocycles. The Kier molecular flexibility index (Phi) is 6.34. The normalized spacial score (nSPS) is 16.2. The first-order valence-corrected chi connectivity index (χ1v) is 10.2. The Labute approximate surface area is 183 Å². The number of carbonyl (C=O) groups is 1. The SMILES string of the molecule is O=C(COc1ccccc1)N1CC[C@H](c2cc(COc3cccc(C(F)(F)F)c3)[nH]n2)C1. The van der Waals surface area contributed by atoms with Crippen LogP contribution in [0.1, 0.15) is 29.3 Å². The lowest BCUT2D eigenvalue weighted by atomic mass is 10.1. The van der Waals surface area contributed by atoms with Crippen molar-refractivity contribution in [1.29, 1.82) is 0 Å². The van der Waals surface area contributed by atoms with Crippen LogP contribution in [0.5, 0.6) is 11.5 Å². The number of aromatic nitrogens is 2. The van der Waals surface area contributed by atoms with E-state index in [4.69, 9.17) is 9.47 Å². The number of aromatic amines is 1. The Bertz CT molecular complexity index is 1050. The second kappa shape index (κ2) is 9.33. The molecule has 0 spiro atoms. The third-order valence-corrected chi connectivity index (χ3v) is 5.27. The number of rotatable bonds is 7. The van der Waals surface area contributed by atoms with Crippen LogP contribution in [0, 0.1) is 0 Å². The summed E-state index contributed by atoms with van der Waals surface area (Å²) in [6.07, 6.45) is -3.64. The number of ether oxygens (including phenoxy) is 2. The quantitative estimate of drug-likeness (QED) is 0.585. The molecule has 168 valence electrons. The molecular formula is C23H22F3N3O3. The van der Waals surface area contributed by atoms with Gasteiger partial charge in [0.2, 0.25) is 0 Å². The van der Waals surface area contributed by atoms with E-state index in [0.29, 0.717) is 24.5 Å². The Morgan fingerprint density at radius 1 is 1.06 bits per heavy atom. The van der Waals surface area contributed by atoms with Crippen molar-refractivity contribution in [2.45, 2.75) is 25.1 Å². The first-order valence-electron chi connectivity index (χ1n) is 10.2. The minimum absolute atomic E-state index is 0.0205. The summed E-state index contributed by atoms with van der Waals surface area (Å²) in [6.45, 7) is 1.20. The molecule has 1 aliphatic rings. The maximum atomic E-state index is 12.8. The fraction of sp³-hybridized carbons (Fsp3) is 0.304. The number of H-pyrrole nitrogens is 1. The van der Waals surface area contributed by atoms with Crippen molar-refractivity contribution in [3.05, 3.63) is 77.6 Å². The summed E-state index contributed by atoms with van der Waals surface area (Å²) in [5.41, 5.74) is 0.689. The molecule has 1 fully saturated rings. The van der Waals surface area contributed by atoms with Crippen LogP contribution >= 0.6 is 0 Å². The van der Waals surface area contributed by atoms with Crippen LogP contribution in [0.15, 0.2) is 60.7 Å². The van der Waals surface area contributed by atoms with Gasteiger partial charge in [0.05, 0.1) is 17.0 Å². The molecule has 1 N–H and O–H groups in total. The first-order chi connectivity index (χ1) is 15.4. The van der Waals surface area contributed by atoms with E-state index < -0.39 is 11.7 Å². The highest BCUT2D eigenvalue weighted by Gasteiger charge is 2.31. The summed E-state index contributed by atoms with van der Waals surface area (Å²) in [5.74, 6) is 0.774. The van der Waals surface area contributed by atoms with Crippen molar-refractivity contribution in [3.63, 3.8) is 0 Å². The molecule has 0 bridgehead atoms. The molecule has 6 nitrogen and oxygen atoms in total. The van der Waals surface area contributed by atoms with E-state index >= 15 is 0 Å². The Balaban J connectivity index is 1.28. The van der Waals surface area contributed by atoms with Crippen molar-refractivity contribution in [3.8, 4) is 11.5 Å². The van der Waals surface area contributed by atoms with Gasteiger partial charge in [0.15, 0.2) is 6.61 Å². The number of nitrogens with zero attached hydrogens (tertiary/aromatic N) is 2. The maximum absolute atomic E-state index is 12.8. The molecule has 0 radical (unpaired) electrons. The van der Waals surface area contributed by atoms with E-state index in [9.17, 15) is 18.0 Å². The largest absolute Gasteiger partial charge is 0.487 e. The van der Waals surface area contributed by atoms with E-state index in [1.165, 1.54) is 12.1 Å². The van der Waals surface area contributed by atoms with Gasteiger partial charge in [-0.05, 0) is 42.8 Å². The van der Waals surface area contributed by atoms with Crippen LogP contribution in [-0.4, -0.2) is 40.7 Å².